The zero-order valence-corrected chi connectivity index (χ0v) is 13.3. The highest BCUT2D eigenvalue weighted by Crippen LogP contribution is 2.34. The fourth-order valence-electron chi connectivity index (χ4n) is 3.12. The van der Waals surface area contributed by atoms with Crippen LogP contribution in [0.5, 0.6) is 5.75 Å². The largest absolute Gasteiger partial charge is 0.496 e. The van der Waals surface area contributed by atoms with Crippen LogP contribution in [0.3, 0.4) is 0 Å². The first-order valence-corrected chi connectivity index (χ1v) is 7.30. The van der Waals surface area contributed by atoms with Gasteiger partial charge in [-0.05, 0) is 50.6 Å². The molecule has 1 aromatic heterocycles. The second-order valence-corrected chi connectivity index (χ2v) is 5.53. The molecule has 112 valence electrons. The van der Waals surface area contributed by atoms with Gasteiger partial charge in [0.2, 0.25) is 0 Å². The standard InChI is InChI=1S/C19H19NO2/c1-12-10-17-16(11-18(12)22-4)19(14(3)21)13(2)20(17)15-8-6-5-7-9-15/h5-11H,1-4H3. The summed E-state index contributed by atoms with van der Waals surface area (Å²) in [7, 11) is 1.66. The first kappa shape index (κ1) is 14.4. The number of methoxy groups -OCH3 is 1. The van der Waals surface area contributed by atoms with Gasteiger partial charge >= 0.3 is 0 Å². The van der Waals surface area contributed by atoms with Gasteiger partial charge in [0.25, 0.3) is 0 Å². The summed E-state index contributed by atoms with van der Waals surface area (Å²) >= 11 is 0. The lowest BCUT2D eigenvalue weighted by Gasteiger charge is -2.10. The van der Waals surface area contributed by atoms with Crippen LogP contribution in [0.1, 0.15) is 28.5 Å². The van der Waals surface area contributed by atoms with Crippen LogP contribution in [0, 0.1) is 13.8 Å². The average molecular weight is 293 g/mol. The third kappa shape index (κ3) is 2.10. The van der Waals surface area contributed by atoms with Gasteiger partial charge in [-0.3, -0.25) is 4.79 Å². The fraction of sp³-hybridized carbons (Fsp3) is 0.211. The number of ether oxygens (including phenoxy) is 1. The van der Waals surface area contributed by atoms with E-state index in [1.165, 1.54) is 0 Å². The van der Waals surface area contributed by atoms with E-state index in [0.717, 1.165) is 39.2 Å². The van der Waals surface area contributed by atoms with Crippen LogP contribution in [0.15, 0.2) is 42.5 Å². The van der Waals surface area contributed by atoms with E-state index in [2.05, 4.69) is 22.8 Å². The van der Waals surface area contributed by atoms with Gasteiger partial charge in [0.05, 0.1) is 12.6 Å². The Bertz CT molecular complexity index is 860. The predicted octanol–water partition coefficient (Wildman–Crippen LogP) is 4.46. The molecule has 22 heavy (non-hydrogen) atoms. The van der Waals surface area contributed by atoms with Crippen molar-refractivity contribution < 1.29 is 9.53 Å². The van der Waals surface area contributed by atoms with Crippen LogP contribution in [0.4, 0.5) is 0 Å². The molecule has 1 heterocycles. The van der Waals surface area contributed by atoms with E-state index in [-0.39, 0.29) is 5.78 Å². The number of ketones is 1. The van der Waals surface area contributed by atoms with E-state index in [0.29, 0.717) is 0 Å². The molecule has 0 unspecified atom stereocenters. The molecule has 0 aliphatic heterocycles. The summed E-state index contributed by atoms with van der Waals surface area (Å²) in [5.41, 5.74) is 4.87. The first-order valence-electron chi connectivity index (χ1n) is 7.30. The normalized spacial score (nSPS) is 10.9. The molecule has 2 aromatic carbocycles. The number of Topliss-reactive ketones (excluding diaryl/α,β-unsaturated/α-hetero) is 1. The molecule has 0 fully saturated rings. The maximum absolute atomic E-state index is 12.2. The lowest BCUT2D eigenvalue weighted by molar-refractivity contribution is 0.101. The molecule has 0 radical (unpaired) electrons. The zero-order valence-electron chi connectivity index (χ0n) is 13.3. The van der Waals surface area contributed by atoms with Gasteiger partial charge in [-0.1, -0.05) is 18.2 Å². The highest BCUT2D eigenvalue weighted by Gasteiger charge is 2.19. The molecule has 0 atom stereocenters. The number of rotatable bonds is 3. The second-order valence-electron chi connectivity index (χ2n) is 5.53. The molecule has 0 N–H and O–H groups in total. The topological polar surface area (TPSA) is 31.2 Å². The highest BCUT2D eigenvalue weighted by atomic mass is 16.5. The van der Waals surface area contributed by atoms with E-state index in [9.17, 15) is 4.79 Å². The number of benzene rings is 2. The van der Waals surface area contributed by atoms with E-state index < -0.39 is 0 Å². The van der Waals surface area contributed by atoms with Crippen molar-refractivity contribution in [1.29, 1.82) is 0 Å². The summed E-state index contributed by atoms with van der Waals surface area (Å²) in [6.07, 6.45) is 0. The molecule has 0 saturated heterocycles. The predicted molar refractivity (Wildman–Crippen MR) is 89.3 cm³/mol. The Hall–Kier alpha value is -2.55. The van der Waals surface area contributed by atoms with Gasteiger partial charge in [0.1, 0.15) is 5.75 Å². The van der Waals surface area contributed by atoms with Gasteiger partial charge in [0.15, 0.2) is 5.78 Å². The molecule has 0 bridgehead atoms. The maximum Gasteiger partial charge on any atom is 0.162 e. The fourth-order valence-corrected chi connectivity index (χ4v) is 3.12. The molecule has 3 nitrogen and oxygen atoms in total. The Morgan fingerprint density at radius 3 is 2.36 bits per heavy atom. The molecule has 3 rings (SSSR count). The summed E-state index contributed by atoms with van der Waals surface area (Å²) in [4.78, 5) is 12.2. The van der Waals surface area contributed by atoms with Gasteiger partial charge in [-0.25, -0.2) is 0 Å². The van der Waals surface area contributed by atoms with Crippen molar-refractivity contribution in [3.05, 3.63) is 59.3 Å². The summed E-state index contributed by atoms with van der Waals surface area (Å²) in [6, 6.07) is 14.2. The maximum atomic E-state index is 12.2. The molecular weight excluding hydrogens is 274 g/mol. The highest BCUT2D eigenvalue weighted by molar-refractivity contribution is 6.09. The summed E-state index contributed by atoms with van der Waals surface area (Å²) in [6.45, 7) is 5.62. The molecular formula is C19H19NO2. The summed E-state index contributed by atoms with van der Waals surface area (Å²) < 4.78 is 7.56. The molecule has 0 amide bonds. The Balaban J connectivity index is 2.45. The lowest BCUT2D eigenvalue weighted by Crippen LogP contribution is -1.99. The number of aromatic nitrogens is 1. The minimum absolute atomic E-state index is 0.0723. The molecule has 0 saturated carbocycles. The number of carbonyl (C=O) groups excluding carboxylic acids is 1. The van der Waals surface area contributed by atoms with Crippen LogP contribution in [-0.4, -0.2) is 17.5 Å². The molecule has 0 aliphatic rings. The Morgan fingerprint density at radius 1 is 1.09 bits per heavy atom. The number of aryl methyl sites for hydroxylation is 1. The third-order valence-corrected chi connectivity index (χ3v) is 4.09. The number of para-hydroxylation sites is 1. The average Bonchev–Trinajstić information content (AvgIpc) is 2.78. The van der Waals surface area contributed by atoms with E-state index >= 15 is 0 Å². The molecule has 0 aliphatic carbocycles. The lowest BCUT2D eigenvalue weighted by atomic mass is 10.1. The van der Waals surface area contributed by atoms with Crippen molar-refractivity contribution >= 4 is 16.7 Å². The Labute approximate surface area is 130 Å². The summed E-state index contributed by atoms with van der Waals surface area (Å²) in [5.74, 6) is 0.878. The number of nitrogens with zero attached hydrogens (tertiary/aromatic N) is 1. The van der Waals surface area contributed by atoms with Crippen molar-refractivity contribution in [2.75, 3.05) is 7.11 Å². The van der Waals surface area contributed by atoms with Crippen molar-refractivity contribution in [2.45, 2.75) is 20.8 Å². The van der Waals surface area contributed by atoms with Crippen molar-refractivity contribution in [3.8, 4) is 11.4 Å². The van der Waals surface area contributed by atoms with Gasteiger partial charge < -0.3 is 9.30 Å². The monoisotopic (exact) mass is 293 g/mol. The SMILES string of the molecule is COc1cc2c(C(C)=O)c(C)n(-c3ccccc3)c2cc1C. The molecule has 3 heteroatoms. The Kier molecular flexibility index (Phi) is 3.49. The third-order valence-electron chi connectivity index (χ3n) is 4.09. The quantitative estimate of drug-likeness (QED) is 0.668. The van der Waals surface area contributed by atoms with Gasteiger partial charge in [0, 0.05) is 22.3 Å². The number of hydrogen-bond acceptors (Lipinski definition) is 2. The van der Waals surface area contributed by atoms with Crippen molar-refractivity contribution in [1.82, 2.24) is 4.57 Å². The van der Waals surface area contributed by atoms with E-state index in [1.54, 1.807) is 14.0 Å². The van der Waals surface area contributed by atoms with Crippen molar-refractivity contribution in [2.24, 2.45) is 0 Å². The zero-order chi connectivity index (χ0) is 15.9. The second kappa shape index (κ2) is 5.34. The minimum Gasteiger partial charge on any atom is -0.496 e. The number of hydrogen-bond donors (Lipinski definition) is 0. The first-order chi connectivity index (χ1) is 10.5. The smallest absolute Gasteiger partial charge is 0.162 e. The minimum atomic E-state index is 0.0723. The number of fused-ring (bicyclic) bond motifs is 1. The van der Waals surface area contributed by atoms with Crippen molar-refractivity contribution in [3.63, 3.8) is 0 Å². The number of carbonyl (C=O) groups is 1. The van der Waals surface area contributed by atoms with Crippen LogP contribution < -0.4 is 4.74 Å². The molecule has 3 aromatic rings. The summed E-state index contributed by atoms with van der Waals surface area (Å²) in [5, 5.41) is 0.941. The van der Waals surface area contributed by atoms with E-state index in [1.807, 2.05) is 38.1 Å². The van der Waals surface area contributed by atoms with Gasteiger partial charge in [-0.15, -0.1) is 0 Å². The van der Waals surface area contributed by atoms with Crippen LogP contribution in [0.2, 0.25) is 0 Å². The Morgan fingerprint density at radius 2 is 1.77 bits per heavy atom. The van der Waals surface area contributed by atoms with E-state index in [4.69, 9.17) is 4.74 Å². The molecule has 0 spiro atoms. The van der Waals surface area contributed by atoms with Crippen LogP contribution in [0.25, 0.3) is 16.6 Å². The van der Waals surface area contributed by atoms with Gasteiger partial charge in [-0.2, -0.15) is 0 Å². The van der Waals surface area contributed by atoms with Crippen LogP contribution >= 0.6 is 0 Å². The van der Waals surface area contributed by atoms with Crippen LogP contribution in [-0.2, 0) is 0 Å².